The van der Waals surface area contributed by atoms with Gasteiger partial charge in [0.25, 0.3) is 0 Å². The number of nitrogens with zero attached hydrogens (tertiary/aromatic N) is 2. The molecule has 0 radical (unpaired) electrons. The zero-order chi connectivity index (χ0) is 18.4. The Labute approximate surface area is 156 Å². The van der Waals surface area contributed by atoms with E-state index in [1.54, 1.807) is 11.8 Å². The highest BCUT2D eigenvalue weighted by Crippen LogP contribution is 2.52. The molecule has 4 nitrogen and oxygen atoms in total. The summed E-state index contributed by atoms with van der Waals surface area (Å²) >= 11 is 1.58. The molecular formula is C20H33N3OS. The van der Waals surface area contributed by atoms with Gasteiger partial charge in [-0.25, -0.2) is 4.98 Å². The van der Waals surface area contributed by atoms with E-state index in [1.165, 1.54) is 31.4 Å². The SMILES string of the molecule is Cc1nc(SCC(=O)NC(C)(C)C)n(C(C)C2CC3CCC2C3)c1C. The number of amides is 1. The maximum absolute atomic E-state index is 12.2. The van der Waals surface area contributed by atoms with Crippen LogP contribution in [0.3, 0.4) is 0 Å². The highest BCUT2D eigenvalue weighted by atomic mass is 32.2. The average molecular weight is 364 g/mol. The fraction of sp³-hybridized carbons (Fsp3) is 0.800. The zero-order valence-electron chi connectivity index (χ0n) is 16.6. The van der Waals surface area contributed by atoms with Crippen LogP contribution in [-0.4, -0.2) is 26.8 Å². The Morgan fingerprint density at radius 2 is 2.04 bits per heavy atom. The van der Waals surface area contributed by atoms with Crippen molar-refractivity contribution in [3.63, 3.8) is 0 Å². The molecule has 0 aromatic carbocycles. The summed E-state index contributed by atoms with van der Waals surface area (Å²) in [5, 5.41) is 4.05. The highest BCUT2D eigenvalue weighted by Gasteiger charge is 2.43. The van der Waals surface area contributed by atoms with Gasteiger partial charge in [0.2, 0.25) is 5.91 Å². The zero-order valence-corrected chi connectivity index (χ0v) is 17.4. The molecule has 2 fully saturated rings. The van der Waals surface area contributed by atoms with Crippen molar-refractivity contribution in [3.8, 4) is 0 Å². The van der Waals surface area contributed by atoms with Crippen LogP contribution in [0.25, 0.3) is 0 Å². The lowest BCUT2D eigenvalue weighted by molar-refractivity contribution is -0.119. The first-order chi connectivity index (χ1) is 11.7. The molecule has 1 aromatic heterocycles. The summed E-state index contributed by atoms with van der Waals surface area (Å²) in [6.07, 6.45) is 5.64. The minimum Gasteiger partial charge on any atom is -0.351 e. The van der Waals surface area contributed by atoms with Gasteiger partial charge in [0.1, 0.15) is 0 Å². The number of fused-ring (bicyclic) bond motifs is 2. The normalized spacial score (nSPS) is 26.9. The predicted molar refractivity (Wildman–Crippen MR) is 104 cm³/mol. The summed E-state index contributed by atoms with van der Waals surface area (Å²) in [5.41, 5.74) is 2.16. The number of aryl methyl sites for hydroxylation is 1. The topological polar surface area (TPSA) is 46.9 Å². The van der Waals surface area contributed by atoms with Crippen molar-refractivity contribution >= 4 is 17.7 Å². The van der Waals surface area contributed by atoms with Gasteiger partial charge < -0.3 is 9.88 Å². The number of hydrogen-bond acceptors (Lipinski definition) is 3. The molecule has 0 spiro atoms. The van der Waals surface area contributed by atoms with Gasteiger partial charge in [-0.1, -0.05) is 18.2 Å². The van der Waals surface area contributed by atoms with Crippen LogP contribution in [0.4, 0.5) is 0 Å². The molecule has 5 heteroatoms. The minimum atomic E-state index is -0.185. The van der Waals surface area contributed by atoms with Crippen molar-refractivity contribution in [3.05, 3.63) is 11.4 Å². The van der Waals surface area contributed by atoms with E-state index in [0.29, 0.717) is 11.8 Å². The standard InChI is InChI=1S/C20H33N3OS/c1-12-13(2)23(14(3)17-10-15-7-8-16(17)9-15)19(21-12)25-11-18(24)22-20(4,5)6/h14-17H,7-11H2,1-6H3,(H,22,24). The van der Waals surface area contributed by atoms with Crippen LogP contribution >= 0.6 is 11.8 Å². The molecule has 4 unspecified atom stereocenters. The van der Waals surface area contributed by atoms with E-state index in [4.69, 9.17) is 4.98 Å². The highest BCUT2D eigenvalue weighted by molar-refractivity contribution is 7.99. The molecule has 3 rings (SSSR count). The third-order valence-electron chi connectivity index (χ3n) is 6.02. The van der Waals surface area contributed by atoms with Crippen molar-refractivity contribution in [1.29, 1.82) is 0 Å². The van der Waals surface area contributed by atoms with Crippen LogP contribution < -0.4 is 5.32 Å². The maximum Gasteiger partial charge on any atom is 0.230 e. The number of nitrogens with one attached hydrogen (secondary N) is 1. The fourth-order valence-corrected chi connectivity index (χ4v) is 5.81. The minimum absolute atomic E-state index is 0.0786. The quantitative estimate of drug-likeness (QED) is 0.783. The fourth-order valence-electron chi connectivity index (χ4n) is 4.84. The Morgan fingerprint density at radius 1 is 1.32 bits per heavy atom. The lowest BCUT2D eigenvalue weighted by Crippen LogP contribution is -2.41. The largest absolute Gasteiger partial charge is 0.351 e. The summed E-state index contributed by atoms with van der Waals surface area (Å²) in [6.45, 7) is 12.7. The van der Waals surface area contributed by atoms with Gasteiger partial charge in [0.05, 0.1) is 11.4 Å². The van der Waals surface area contributed by atoms with E-state index < -0.39 is 0 Å². The molecule has 25 heavy (non-hydrogen) atoms. The summed E-state index contributed by atoms with van der Waals surface area (Å²) in [7, 11) is 0. The Morgan fingerprint density at radius 3 is 2.60 bits per heavy atom. The van der Waals surface area contributed by atoms with E-state index in [2.05, 4.69) is 30.7 Å². The molecule has 2 aliphatic rings. The summed E-state index contributed by atoms with van der Waals surface area (Å²) in [4.78, 5) is 17.0. The smallest absolute Gasteiger partial charge is 0.230 e. The van der Waals surface area contributed by atoms with E-state index in [1.807, 2.05) is 20.8 Å². The number of thioether (sulfide) groups is 1. The van der Waals surface area contributed by atoms with E-state index in [-0.39, 0.29) is 11.4 Å². The lowest BCUT2D eigenvalue weighted by atomic mass is 9.84. The molecule has 1 N–H and O–H groups in total. The second-order valence-electron chi connectivity index (χ2n) is 9.10. The first-order valence-electron chi connectivity index (χ1n) is 9.65. The Hall–Kier alpha value is -0.970. The van der Waals surface area contributed by atoms with Crippen LogP contribution in [0.1, 0.15) is 70.8 Å². The van der Waals surface area contributed by atoms with Gasteiger partial charge >= 0.3 is 0 Å². The monoisotopic (exact) mass is 363 g/mol. The van der Waals surface area contributed by atoms with Crippen molar-refractivity contribution < 1.29 is 4.79 Å². The lowest BCUT2D eigenvalue weighted by Gasteiger charge is -2.30. The maximum atomic E-state index is 12.2. The first-order valence-corrected chi connectivity index (χ1v) is 10.6. The van der Waals surface area contributed by atoms with Crippen LogP contribution in [0.5, 0.6) is 0 Å². The Bertz CT molecular complexity index is 646. The van der Waals surface area contributed by atoms with Crippen LogP contribution in [0.15, 0.2) is 5.16 Å². The van der Waals surface area contributed by atoms with Gasteiger partial charge in [-0.3, -0.25) is 4.79 Å². The van der Waals surface area contributed by atoms with E-state index >= 15 is 0 Å². The second kappa shape index (κ2) is 6.98. The van der Waals surface area contributed by atoms with E-state index in [0.717, 1.165) is 28.6 Å². The van der Waals surface area contributed by atoms with Crippen molar-refractivity contribution in [2.45, 2.75) is 84.0 Å². The number of hydrogen-bond donors (Lipinski definition) is 1. The summed E-state index contributed by atoms with van der Waals surface area (Å²) in [6, 6.07) is 0.477. The summed E-state index contributed by atoms with van der Waals surface area (Å²) < 4.78 is 2.41. The number of rotatable bonds is 5. The molecule has 1 aromatic rings. The molecule has 1 amide bonds. The number of carbonyl (C=O) groups excluding carboxylic acids is 1. The molecule has 1 heterocycles. The number of carbonyl (C=O) groups is 1. The molecular weight excluding hydrogens is 330 g/mol. The third-order valence-corrected chi connectivity index (χ3v) is 6.97. The Kier molecular flexibility index (Phi) is 5.25. The predicted octanol–water partition coefficient (Wildman–Crippen LogP) is 4.50. The van der Waals surface area contributed by atoms with Crippen LogP contribution in [-0.2, 0) is 4.79 Å². The van der Waals surface area contributed by atoms with Crippen molar-refractivity contribution in [2.24, 2.45) is 17.8 Å². The van der Waals surface area contributed by atoms with Crippen molar-refractivity contribution in [2.75, 3.05) is 5.75 Å². The van der Waals surface area contributed by atoms with Gasteiger partial charge in [-0.15, -0.1) is 0 Å². The molecule has 0 saturated heterocycles. The Balaban J connectivity index is 1.72. The summed E-state index contributed by atoms with van der Waals surface area (Å²) in [5.74, 6) is 3.13. The molecule has 4 atom stereocenters. The van der Waals surface area contributed by atoms with Crippen LogP contribution in [0, 0.1) is 31.6 Å². The van der Waals surface area contributed by atoms with Crippen LogP contribution in [0.2, 0.25) is 0 Å². The third kappa shape index (κ3) is 4.07. The molecule has 0 aliphatic heterocycles. The number of imidazole rings is 1. The molecule has 2 aliphatic carbocycles. The molecule has 2 saturated carbocycles. The van der Waals surface area contributed by atoms with E-state index in [9.17, 15) is 4.79 Å². The molecule has 140 valence electrons. The second-order valence-corrected chi connectivity index (χ2v) is 10.0. The number of aromatic nitrogens is 2. The van der Waals surface area contributed by atoms with Gasteiger partial charge in [-0.2, -0.15) is 0 Å². The molecule has 2 bridgehead atoms. The van der Waals surface area contributed by atoms with Gasteiger partial charge in [0.15, 0.2) is 5.16 Å². The average Bonchev–Trinajstić information content (AvgIpc) is 3.19. The van der Waals surface area contributed by atoms with Crippen molar-refractivity contribution in [1.82, 2.24) is 14.9 Å². The van der Waals surface area contributed by atoms with Gasteiger partial charge in [-0.05, 0) is 78.6 Å². The van der Waals surface area contributed by atoms with Gasteiger partial charge in [0, 0.05) is 17.3 Å². The first kappa shape index (κ1) is 18.8.